The standard InChI is InChI=1S/C15H27ClN4/c1-4-13-15(16)14(20(6-3)18-13)10-17-9-12-7-8-19(5-2)11-12/h12,17H,4-11H2,1-3H3. The molecule has 1 saturated heterocycles. The molecule has 1 N–H and O–H groups in total. The van der Waals surface area contributed by atoms with Crippen LogP contribution >= 0.6 is 11.6 Å². The van der Waals surface area contributed by atoms with Crippen LogP contribution in [-0.2, 0) is 19.5 Å². The number of likely N-dealkylation sites (tertiary alicyclic amines) is 1. The Labute approximate surface area is 127 Å². The number of nitrogens with zero attached hydrogens (tertiary/aromatic N) is 3. The molecule has 0 aromatic carbocycles. The van der Waals surface area contributed by atoms with E-state index < -0.39 is 0 Å². The van der Waals surface area contributed by atoms with Gasteiger partial charge in [-0.1, -0.05) is 25.4 Å². The normalized spacial score (nSPS) is 19.9. The van der Waals surface area contributed by atoms with Gasteiger partial charge >= 0.3 is 0 Å². The highest BCUT2D eigenvalue weighted by molar-refractivity contribution is 6.31. The van der Waals surface area contributed by atoms with Crippen LogP contribution in [0.15, 0.2) is 0 Å². The molecule has 2 heterocycles. The lowest BCUT2D eigenvalue weighted by atomic mass is 10.1. The quantitative estimate of drug-likeness (QED) is 0.840. The van der Waals surface area contributed by atoms with Crippen molar-refractivity contribution in [2.75, 3.05) is 26.2 Å². The second kappa shape index (κ2) is 7.43. The number of nitrogens with one attached hydrogen (secondary N) is 1. The van der Waals surface area contributed by atoms with Gasteiger partial charge in [-0.15, -0.1) is 0 Å². The lowest BCUT2D eigenvalue weighted by Crippen LogP contribution is -2.27. The van der Waals surface area contributed by atoms with Crippen LogP contribution in [0, 0.1) is 5.92 Å². The van der Waals surface area contributed by atoms with E-state index in [1.165, 1.54) is 26.1 Å². The number of hydrogen-bond acceptors (Lipinski definition) is 3. The first kappa shape index (κ1) is 15.8. The van der Waals surface area contributed by atoms with E-state index in [2.05, 4.69) is 36.1 Å². The van der Waals surface area contributed by atoms with Gasteiger partial charge in [0.2, 0.25) is 0 Å². The van der Waals surface area contributed by atoms with Gasteiger partial charge in [-0.3, -0.25) is 4.68 Å². The molecule has 1 aliphatic heterocycles. The van der Waals surface area contributed by atoms with Crippen molar-refractivity contribution in [2.24, 2.45) is 5.92 Å². The smallest absolute Gasteiger partial charge is 0.0863 e. The Balaban J connectivity index is 1.86. The second-order valence-electron chi connectivity index (χ2n) is 5.56. The monoisotopic (exact) mass is 298 g/mol. The molecule has 0 spiro atoms. The lowest BCUT2D eigenvalue weighted by Gasteiger charge is -2.14. The number of aromatic nitrogens is 2. The summed E-state index contributed by atoms with van der Waals surface area (Å²) in [7, 11) is 0. The predicted molar refractivity (Wildman–Crippen MR) is 84.2 cm³/mol. The summed E-state index contributed by atoms with van der Waals surface area (Å²) >= 11 is 6.42. The van der Waals surface area contributed by atoms with Crippen LogP contribution in [0.3, 0.4) is 0 Å². The van der Waals surface area contributed by atoms with Gasteiger partial charge in [-0.05, 0) is 45.3 Å². The summed E-state index contributed by atoms with van der Waals surface area (Å²) < 4.78 is 2.03. The molecule has 1 aromatic heterocycles. The Bertz CT molecular complexity index is 430. The number of rotatable bonds is 7. The fourth-order valence-corrected chi connectivity index (χ4v) is 3.28. The highest BCUT2D eigenvalue weighted by Crippen LogP contribution is 2.22. The van der Waals surface area contributed by atoms with Crippen LogP contribution in [0.25, 0.3) is 0 Å². The third kappa shape index (κ3) is 3.54. The van der Waals surface area contributed by atoms with E-state index in [-0.39, 0.29) is 0 Å². The van der Waals surface area contributed by atoms with Gasteiger partial charge in [0.15, 0.2) is 0 Å². The molecule has 2 rings (SSSR count). The van der Waals surface area contributed by atoms with Crippen molar-refractivity contribution >= 4 is 11.6 Å². The van der Waals surface area contributed by atoms with Crippen molar-refractivity contribution in [1.29, 1.82) is 0 Å². The molecule has 1 aromatic rings. The average Bonchev–Trinajstić information content (AvgIpc) is 3.04. The minimum absolute atomic E-state index is 0.775. The fourth-order valence-electron chi connectivity index (χ4n) is 2.95. The molecule has 114 valence electrons. The van der Waals surface area contributed by atoms with Crippen LogP contribution in [0.2, 0.25) is 5.02 Å². The molecule has 1 aliphatic rings. The van der Waals surface area contributed by atoms with Gasteiger partial charge in [-0.2, -0.15) is 5.10 Å². The first-order chi connectivity index (χ1) is 9.69. The summed E-state index contributed by atoms with van der Waals surface area (Å²) in [5.41, 5.74) is 2.15. The molecule has 20 heavy (non-hydrogen) atoms. The van der Waals surface area contributed by atoms with Crippen molar-refractivity contribution in [3.63, 3.8) is 0 Å². The molecule has 0 saturated carbocycles. The van der Waals surface area contributed by atoms with Gasteiger partial charge in [0.25, 0.3) is 0 Å². The SMILES string of the molecule is CCc1nn(CC)c(CNCC2CCN(CC)C2)c1Cl. The van der Waals surface area contributed by atoms with Crippen LogP contribution in [0.4, 0.5) is 0 Å². The van der Waals surface area contributed by atoms with E-state index in [4.69, 9.17) is 11.6 Å². The zero-order valence-corrected chi connectivity index (χ0v) is 13.7. The molecule has 1 atom stereocenters. The molecule has 1 unspecified atom stereocenters. The molecule has 0 bridgehead atoms. The predicted octanol–water partition coefficient (Wildman–Crippen LogP) is 2.55. The Hall–Kier alpha value is -0.580. The zero-order chi connectivity index (χ0) is 14.5. The summed E-state index contributed by atoms with van der Waals surface area (Å²) in [6.07, 6.45) is 2.20. The summed E-state index contributed by atoms with van der Waals surface area (Å²) in [4.78, 5) is 2.52. The van der Waals surface area contributed by atoms with E-state index in [0.29, 0.717) is 0 Å². The van der Waals surface area contributed by atoms with Crippen molar-refractivity contribution in [1.82, 2.24) is 20.0 Å². The minimum atomic E-state index is 0.775. The first-order valence-corrected chi connectivity index (χ1v) is 8.24. The van der Waals surface area contributed by atoms with Crippen molar-refractivity contribution in [2.45, 2.75) is 46.7 Å². The van der Waals surface area contributed by atoms with Gasteiger partial charge in [0, 0.05) is 19.6 Å². The van der Waals surface area contributed by atoms with E-state index >= 15 is 0 Å². The van der Waals surface area contributed by atoms with Crippen LogP contribution in [-0.4, -0.2) is 40.9 Å². The highest BCUT2D eigenvalue weighted by Gasteiger charge is 2.21. The molecule has 1 fully saturated rings. The van der Waals surface area contributed by atoms with Crippen molar-refractivity contribution < 1.29 is 0 Å². The van der Waals surface area contributed by atoms with Crippen LogP contribution in [0.1, 0.15) is 38.6 Å². The van der Waals surface area contributed by atoms with Gasteiger partial charge < -0.3 is 10.2 Å². The van der Waals surface area contributed by atoms with Gasteiger partial charge in [-0.25, -0.2) is 0 Å². The zero-order valence-electron chi connectivity index (χ0n) is 13.0. The third-order valence-electron chi connectivity index (χ3n) is 4.24. The van der Waals surface area contributed by atoms with Gasteiger partial charge in [0.05, 0.1) is 16.4 Å². The topological polar surface area (TPSA) is 33.1 Å². The van der Waals surface area contributed by atoms with Crippen LogP contribution < -0.4 is 5.32 Å². The number of hydrogen-bond donors (Lipinski definition) is 1. The molecule has 0 amide bonds. The van der Waals surface area contributed by atoms with Crippen molar-refractivity contribution in [3.05, 3.63) is 16.4 Å². The summed E-state index contributed by atoms with van der Waals surface area (Å²) in [5.74, 6) is 0.775. The fraction of sp³-hybridized carbons (Fsp3) is 0.800. The maximum Gasteiger partial charge on any atom is 0.0863 e. The summed E-state index contributed by atoms with van der Waals surface area (Å²) in [6, 6.07) is 0. The molecular formula is C15H27ClN4. The molecular weight excluding hydrogens is 272 g/mol. The largest absolute Gasteiger partial charge is 0.311 e. The Morgan fingerprint density at radius 3 is 2.70 bits per heavy atom. The minimum Gasteiger partial charge on any atom is -0.311 e. The van der Waals surface area contributed by atoms with E-state index in [1.54, 1.807) is 0 Å². The van der Waals surface area contributed by atoms with Crippen LogP contribution in [0.5, 0.6) is 0 Å². The van der Waals surface area contributed by atoms with E-state index in [9.17, 15) is 0 Å². The summed E-state index contributed by atoms with van der Waals surface area (Å²) in [5, 5.41) is 8.98. The molecule has 5 heteroatoms. The molecule has 0 aliphatic carbocycles. The molecule has 0 radical (unpaired) electrons. The number of aryl methyl sites for hydroxylation is 2. The Morgan fingerprint density at radius 2 is 2.10 bits per heavy atom. The molecule has 4 nitrogen and oxygen atoms in total. The number of halogens is 1. The Kier molecular flexibility index (Phi) is 5.87. The second-order valence-corrected chi connectivity index (χ2v) is 5.93. The van der Waals surface area contributed by atoms with Crippen molar-refractivity contribution in [3.8, 4) is 0 Å². The third-order valence-corrected chi connectivity index (χ3v) is 4.67. The summed E-state index contributed by atoms with van der Waals surface area (Å²) in [6.45, 7) is 12.9. The lowest BCUT2D eigenvalue weighted by molar-refractivity contribution is 0.338. The van der Waals surface area contributed by atoms with Gasteiger partial charge in [0.1, 0.15) is 0 Å². The maximum atomic E-state index is 6.42. The highest BCUT2D eigenvalue weighted by atomic mass is 35.5. The maximum absolute atomic E-state index is 6.42. The van der Waals surface area contributed by atoms with E-state index in [1.807, 2.05) is 4.68 Å². The Morgan fingerprint density at radius 1 is 1.30 bits per heavy atom. The first-order valence-electron chi connectivity index (χ1n) is 7.86. The van der Waals surface area contributed by atoms with E-state index in [0.717, 1.165) is 48.4 Å². The average molecular weight is 299 g/mol.